The van der Waals surface area contributed by atoms with Crippen LogP contribution in [-0.2, 0) is 9.59 Å². The predicted molar refractivity (Wildman–Crippen MR) is 99.0 cm³/mol. The maximum absolute atomic E-state index is 12.7. The largest absolute Gasteiger partial charge is 0.472 e. The Kier molecular flexibility index (Phi) is 6.49. The molecule has 8 heteroatoms. The molecule has 148 valence electrons. The lowest BCUT2D eigenvalue weighted by atomic mass is 9.97. The number of rotatable bonds is 6. The zero-order valence-corrected chi connectivity index (χ0v) is 15.7. The minimum Gasteiger partial charge on any atom is -0.472 e. The summed E-state index contributed by atoms with van der Waals surface area (Å²) in [7, 11) is 0. The van der Waals surface area contributed by atoms with E-state index in [2.05, 4.69) is 16.0 Å². The van der Waals surface area contributed by atoms with Gasteiger partial charge in [0.1, 0.15) is 12.3 Å². The van der Waals surface area contributed by atoms with Crippen molar-refractivity contribution in [3.63, 3.8) is 0 Å². The lowest BCUT2D eigenvalue weighted by molar-refractivity contribution is -0.134. The van der Waals surface area contributed by atoms with Crippen LogP contribution in [0.2, 0.25) is 0 Å². The molecule has 3 unspecified atom stereocenters. The average molecular weight is 376 g/mol. The fourth-order valence-electron chi connectivity index (χ4n) is 3.72. The SMILES string of the molecule is CC(NC(=O)c1ccoc1)C(=O)N1CCCC(CNC(=O)C2CCCN2)C1. The van der Waals surface area contributed by atoms with Gasteiger partial charge in [-0.3, -0.25) is 14.4 Å². The molecular weight excluding hydrogens is 348 g/mol. The van der Waals surface area contributed by atoms with E-state index < -0.39 is 6.04 Å². The maximum atomic E-state index is 12.7. The smallest absolute Gasteiger partial charge is 0.255 e. The Morgan fingerprint density at radius 2 is 2.19 bits per heavy atom. The molecular formula is C19H28N4O4. The summed E-state index contributed by atoms with van der Waals surface area (Å²) < 4.78 is 4.90. The van der Waals surface area contributed by atoms with E-state index in [0.29, 0.717) is 25.2 Å². The molecule has 2 aliphatic heterocycles. The molecule has 0 saturated carbocycles. The molecule has 0 aliphatic carbocycles. The van der Waals surface area contributed by atoms with Crippen molar-refractivity contribution in [1.82, 2.24) is 20.9 Å². The highest BCUT2D eigenvalue weighted by Crippen LogP contribution is 2.17. The van der Waals surface area contributed by atoms with Gasteiger partial charge < -0.3 is 25.3 Å². The van der Waals surface area contributed by atoms with Gasteiger partial charge in [-0.15, -0.1) is 0 Å². The van der Waals surface area contributed by atoms with Crippen molar-refractivity contribution in [2.75, 3.05) is 26.2 Å². The number of furan rings is 1. The minimum absolute atomic E-state index is 0.0525. The second-order valence-corrected chi connectivity index (χ2v) is 7.39. The van der Waals surface area contributed by atoms with Crippen molar-refractivity contribution in [3.05, 3.63) is 24.2 Å². The molecule has 27 heavy (non-hydrogen) atoms. The maximum Gasteiger partial charge on any atom is 0.255 e. The van der Waals surface area contributed by atoms with Crippen LogP contribution < -0.4 is 16.0 Å². The molecule has 3 amide bonds. The topological polar surface area (TPSA) is 104 Å². The Morgan fingerprint density at radius 3 is 2.89 bits per heavy atom. The first-order valence-electron chi connectivity index (χ1n) is 9.67. The Morgan fingerprint density at radius 1 is 1.33 bits per heavy atom. The number of nitrogens with zero attached hydrogens (tertiary/aromatic N) is 1. The summed E-state index contributed by atoms with van der Waals surface area (Å²) in [5, 5.41) is 8.92. The predicted octanol–water partition coefficient (Wildman–Crippen LogP) is 0.505. The molecule has 0 aromatic carbocycles. The van der Waals surface area contributed by atoms with Gasteiger partial charge in [0.2, 0.25) is 11.8 Å². The third-order valence-electron chi connectivity index (χ3n) is 5.27. The highest BCUT2D eigenvalue weighted by Gasteiger charge is 2.29. The van der Waals surface area contributed by atoms with Gasteiger partial charge in [-0.25, -0.2) is 0 Å². The van der Waals surface area contributed by atoms with Crippen molar-refractivity contribution in [1.29, 1.82) is 0 Å². The number of carbonyl (C=O) groups is 3. The second-order valence-electron chi connectivity index (χ2n) is 7.39. The number of amides is 3. The van der Waals surface area contributed by atoms with Crippen LogP contribution in [0, 0.1) is 5.92 Å². The van der Waals surface area contributed by atoms with E-state index in [0.717, 1.165) is 32.2 Å². The van der Waals surface area contributed by atoms with Gasteiger partial charge >= 0.3 is 0 Å². The number of hydrogen-bond donors (Lipinski definition) is 3. The standard InChI is InChI=1S/C19H28N4O4/c1-13(22-17(24)15-6-9-27-12-15)19(26)23-8-3-4-14(11-23)10-21-18(25)16-5-2-7-20-16/h6,9,12-14,16,20H,2-5,7-8,10-11H2,1H3,(H,21,25)(H,22,24). The number of piperidine rings is 1. The zero-order valence-electron chi connectivity index (χ0n) is 15.7. The molecule has 0 bridgehead atoms. The summed E-state index contributed by atoms with van der Waals surface area (Å²) in [5.41, 5.74) is 0.398. The molecule has 1 aromatic heterocycles. The number of hydrogen-bond acceptors (Lipinski definition) is 5. The van der Waals surface area contributed by atoms with Gasteiger partial charge in [0.15, 0.2) is 0 Å². The quantitative estimate of drug-likeness (QED) is 0.671. The van der Waals surface area contributed by atoms with E-state index >= 15 is 0 Å². The Labute approximate surface area is 159 Å². The summed E-state index contributed by atoms with van der Waals surface area (Å²) >= 11 is 0. The normalized spacial score (nSPS) is 23.7. The van der Waals surface area contributed by atoms with Crippen LogP contribution in [0.3, 0.4) is 0 Å². The van der Waals surface area contributed by atoms with Gasteiger partial charge in [-0.1, -0.05) is 0 Å². The van der Waals surface area contributed by atoms with Gasteiger partial charge in [0.05, 0.1) is 17.9 Å². The Balaban J connectivity index is 1.45. The van der Waals surface area contributed by atoms with Crippen LogP contribution in [0.1, 0.15) is 43.0 Å². The van der Waals surface area contributed by atoms with Crippen molar-refractivity contribution >= 4 is 17.7 Å². The van der Waals surface area contributed by atoms with Crippen LogP contribution in [0.15, 0.2) is 23.0 Å². The molecule has 0 spiro atoms. The molecule has 2 aliphatic rings. The Bertz CT molecular complexity index is 655. The second kappa shape index (κ2) is 9.03. The molecule has 3 rings (SSSR count). The molecule has 3 N–H and O–H groups in total. The fraction of sp³-hybridized carbons (Fsp3) is 0.632. The van der Waals surface area contributed by atoms with Crippen molar-refractivity contribution < 1.29 is 18.8 Å². The summed E-state index contributed by atoms with van der Waals surface area (Å²) in [6, 6.07) is 0.874. The van der Waals surface area contributed by atoms with E-state index in [1.807, 2.05) is 0 Å². The van der Waals surface area contributed by atoms with Gasteiger partial charge in [-0.2, -0.15) is 0 Å². The van der Waals surface area contributed by atoms with Gasteiger partial charge in [0, 0.05) is 19.6 Å². The first-order valence-corrected chi connectivity index (χ1v) is 9.67. The lowest BCUT2D eigenvalue weighted by Crippen LogP contribution is -2.51. The van der Waals surface area contributed by atoms with Crippen LogP contribution in [0.4, 0.5) is 0 Å². The van der Waals surface area contributed by atoms with E-state index in [-0.39, 0.29) is 29.7 Å². The highest BCUT2D eigenvalue weighted by molar-refractivity contribution is 5.97. The molecule has 3 heterocycles. The summed E-state index contributed by atoms with van der Waals surface area (Å²) in [6.07, 6.45) is 6.58. The Hall–Kier alpha value is -2.35. The molecule has 8 nitrogen and oxygen atoms in total. The monoisotopic (exact) mass is 376 g/mol. The molecule has 3 atom stereocenters. The number of nitrogens with one attached hydrogen (secondary N) is 3. The van der Waals surface area contributed by atoms with Crippen molar-refractivity contribution in [3.8, 4) is 0 Å². The summed E-state index contributed by atoms with van der Waals surface area (Å²) in [4.78, 5) is 38.7. The third-order valence-corrected chi connectivity index (χ3v) is 5.27. The van der Waals surface area contributed by atoms with Crippen molar-refractivity contribution in [2.45, 2.75) is 44.7 Å². The van der Waals surface area contributed by atoms with E-state index in [4.69, 9.17) is 4.42 Å². The van der Waals surface area contributed by atoms with Crippen LogP contribution >= 0.6 is 0 Å². The third kappa shape index (κ3) is 5.09. The first kappa shape index (κ1) is 19.4. The molecule has 2 fully saturated rings. The van der Waals surface area contributed by atoms with E-state index in [9.17, 15) is 14.4 Å². The van der Waals surface area contributed by atoms with Gasteiger partial charge in [0.25, 0.3) is 5.91 Å². The molecule has 2 saturated heterocycles. The van der Waals surface area contributed by atoms with Crippen LogP contribution in [0.5, 0.6) is 0 Å². The van der Waals surface area contributed by atoms with E-state index in [1.165, 1.54) is 12.5 Å². The van der Waals surface area contributed by atoms with Crippen LogP contribution in [0.25, 0.3) is 0 Å². The summed E-state index contributed by atoms with van der Waals surface area (Å²) in [6.45, 7) is 4.45. The first-order chi connectivity index (χ1) is 13.0. The summed E-state index contributed by atoms with van der Waals surface area (Å²) in [5.74, 6) is -0.128. The molecule has 1 aromatic rings. The number of carbonyl (C=O) groups excluding carboxylic acids is 3. The van der Waals surface area contributed by atoms with Gasteiger partial charge in [-0.05, 0) is 51.1 Å². The zero-order chi connectivity index (χ0) is 19.2. The average Bonchev–Trinajstić information content (AvgIpc) is 3.39. The minimum atomic E-state index is -0.608. The molecule has 0 radical (unpaired) electrons. The van der Waals surface area contributed by atoms with E-state index in [1.54, 1.807) is 17.9 Å². The lowest BCUT2D eigenvalue weighted by Gasteiger charge is -2.34. The fourth-order valence-corrected chi connectivity index (χ4v) is 3.72. The number of likely N-dealkylation sites (tertiary alicyclic amines) is 1. The highest BCUT2D eigenvalue weighted by atomic mass is 16.3. The van der Waals surface area contributed by atoms with Crippen LogP contribution in [-0.4, -0.2) is 60.9 Å². The van der Waals surface area contributed by atoms with Crippen molar-refractivity contribution in [2.24, 2.45) is 5.92 Å².